The Labute approximate surface area is 151 Å². The molecular formula is C20H21FN4O. The summed E-state index contributed by atoms with van der Waals surface area (Å²) >= 11 is 0. The average molecular weight is 352 g/mol. The van der Waals surface area contributed by atoms with Gasteiger partial charge in [0.05, 0.1) is 11.7 Å². The van der Waals surface area contributed by atoms with Crippen LogP contribution in [0.4, 0.5) is 9.18 Å². The molecule has 134 valence electrons. The number of aromatic nitrogens is 2. The zero-order valence-electron chi connectivity index (χ0n) is 14.4. The lowest BCUT2D eigenvalue weighted by atomic mass is 10.0. The molecule has 1 aliphatic rings. The van der Waals surface area contributed by atoms with Gasteiger partial charge in [-0.15, -0.1) is 0 Å². The van der Waals surface area contributed by atoms with Crippen molar-refractivity contribution in [3.05, 3.63) is 71.9 Å². The molecule has 1 fully saturated rings. The molecule has 1 N–H and O–H groups in total. The van der Waals surface area contributed by atoms with Gasteiger partial charge in [-0.1, -0.05) is 18.2 Å². The van der Waals surface area contributed by atoms with E-state index in [0.29, 0.717) is 13.0 Å². The van der Waals surface area contributed by atoms with Crippen molar-refractivity contribution in [2.75, 3.05) is 13.1 Å². The molecule has 0 unspecified atom stereocenters. The topological polar surface area (TPSA) is 49.6 Å². The summed E-state index contributed by atoms with van der Waals surface area (Å²) in [5, 5.41) is 2.99. The normalized spacial score (nSPS) is 17.0. The largest absolute Gasteiger partial charge is 0.338 e. The number of halogens is 1. The molecule has 2 aromatic heterocycles. The second-order valence-electron chi connectivity index (χ2n) is 6.58. The van der Waals surface area contributed by atoms with Crippen LogP contribution in [0.5, 0.6) is 0 Å². The number of carbonyl (C=O) groups is 1. The van der Waals surface area contributed by atoms with E-state index in [2.05, 4.69) is 10.3 Å². The van der Waals surface area contributed by atoms with E-state index in [1.54, 1.807) is 12.1 Å². The first-order chi connectivity index (χ1) is 12.7. The molecule has 0 aliphatic carbocycles. The molecule has 0 bridgehead atoms. The van der Waals surface area contributed by atoms with E-state index in [-0.39, 0.29) is 17.9 Å². The van der Waals surface area contributed by atoms with Crippen LogP contribution in [-0.2, 0) is 6.42 Å². The number of fused-ring (bicyclic) bond motifs is 1. The van der Waals surface area contributed by atoms with Gasteiger partial charge in [-0.2, -0.15) is 0 Å². The van der Waals surface area contributed by atoms with Gasteiger partial charge in [0.25, 0.3) is 0 Å². The second kappa shape index (κ2) is 7.15. The molecule has 0 spiro atoms. The van der Waals surface area contributed by atoms with E-state index in [4.69, 9.17) is 0 Å². The number of urea groups is 1. The van der Waals surface area contributed by atoms with Crippen molar-refractivity contribution < 1.29 is 9.18 Å². The minimum Gasteiger partial charge on any atom is -0.338 e. The van der Waals surface area contributed by atoms with E-state index in [9.17, 15) is 9.18 Å². The van der Waals surface area contributed by atoms with Crippen molar-refractivity contribution in [3.63, 3.8) is 0 Å². The van der Waals surface area contributed by atoms with E-state index in [1.807, 2.05) is 39.9 Å². The zero-order chi connectivity index (χ0) is 17.9. The number of likely N-dealkylation sites (tertiary alicyclic amines) is 1. The van der Waals surface area contributed by atoms with Crippen LogP contribution in [-0.4, -0.2) is 33.4 Å². The van der Waals surface area contributed by atoms with E-state index < -0.39 is 0 Å². The highest BCUT2D eigenvalue weighted by Gasteiger charge is 2.29. The quantitative estimate of drug-likeness (QED) is 0.780. The predicted octanol–water partition coefficient (Wildman–Crippen LogP) is 3.56. The minimum absolute atomic E-state index is 0.0193. The Morgan fingerprint density at radius 3 is 2.88 bits per heavy atom. The third kappa shape index (κ3) is 3.40. The Kier molecular flexibility index (Phi) is 4.56. The highest BCUT2D eigenvalue weighted by molar-refractivity contribution is 5.75. The van der Waals surface area contributed by atoms with Gasteiger partial charge < -0.3 is 14.6 Å². The lowest BCUT2D eigenvalue weighted by Crippen LogP contribution is -2.40. The highest BCUT2D eigenvalue weighted by Crippen LogP contribution is 2.31. The first kappa shape index (κ1) is 16.6. The van der Waals surface area contributed by atoms with Crippen LogP contribution in [0.25, 0.3) is 5.65 Å². The summed E-state index contributed by atoms with van der Waals surface area (Å²) in [5.74, 6) is -0.254. The zero-order valence-corrected chi connectivity index (χ0v) is 14.4. The first-order valence-electron chi connectivity index (χ1n) is 8.93. The summed E-state index contributed by atoms with van der Waals surface area (Å²) in [6.07, 6.45) is 6.50. The van der Waals surface area contributed by atoms with Crippen molar-refractivity contribution in [1.82, 2.24) is 19.6 Å². The molecule has 1 aliphatic heterocycles. The summed E-state index contributed by atoms with van der Waals surface area (Å²) in [7, 11) is 0. The smallest absolute Gasteiger partial charge is 0.317 e. The predicted molar refractivity (Wildman–Crippen MR) is 97.4 cm³/mol. The number of imidazole rings is 1. The fraction of sp³-hybridized carbons (Fsp3) is 0.300. The molecule has 4 rings (SSSR count). The van der Waals surface area contributed by atoms with E-state index >= 15 is 0 Å². The van der Waals surface area contributed by atoms with Gasteiger partial charge in [-0.25, -0.2) is 14.2 Å². The van der Waals surface area contributed by atoms with Crippen LogP contribution >= 0.6 is 0 Å². The number of hydrogen-bond acceptors (Lipinski definition) is 2. The van der Waals surface area contributed by atoms with E-state index in [1.165, 1.54) is 12.1 Å². The van der Waals surface area contributed by atoms with Crippen molar-refractivity contribution >= 4 is 11.7 Å². The Balaban J connectivity index is 1.35. The molecule has 0 saturated carbocycles. The number of nitrogens with one attached hydrogen (secondary N) is 1. The lowest BCUT2D eigenvalue weighted by molar-refractivity contribution is 0.193. The van der Waals surface area contributed by atoms with Crippen LogP contribution in [0, 0.1) is 5.82 Å². The summed E-state index contributed by atoms with van der Waals surface area (Å²) in [5.41, 5.74) is 2.84. The van der Waals surface area contributed by atoms with Crippen LogP contribution in [0.2, 0.25) is 0 Å². The van der Waals surface area contributed by atoms with Gasteiger partial charge in [0, 0.05) is 31.9 Å². The summed E-state index contributed by atoms with van der Waals surface area (Å²) in [4.78, 5) is 19.0. The maximum absolute atomic E-state index is 13.1. The number of carbonyl (C=O) groups excluding carboxylic acids is 1. The lowest BCUT2D eigenvalue weighted by Gasteiger charge is -2.25. The van der Waals surface area contributed by atoms with Gasteiger partial charge in [-0.05, 0) is 42.7 Å². The van der Waals surface area contributed by atoms with Crippen molar-refractivity contribution in [1.29, 1.82) is 0 Å². The van der Waals surface area contributed by atoms with Crippen LogP contribution < -0.4 is 5.32 Å². The fourth-order valence-corrected chi connectivity index (χ4v) is 3.55. The van der Waals surface area contributed by atoms with Crippen molar-refractivity contribution in [3.8, 4) is 0 Å². The SMILES string of the molecule is O=C(NCCc1cn2ccccc2n1)N1CCC[C@@H]1c1ccc(F)cc1. The number of pyridine rings is 1. The van der Waals surface area contributed by atoms with Crippen LogP contribution in [0.1, 0.15) is 30.1 Å². The van der Waals surface area contributed by atoms with Gasteiger partial charge in [0.2, 0.25) is 0 Å². The molecule has 3 heterocycles. The molecule has 1 saturated heterocycles. The Hall–Kier alpha value is -2.89. The summed E-state index contributed by atoms with van der Waals surface area (Å²) in [6, 6.07) is 12.3. The number of nitrogens with zero attached hydrogens (tertiary/aromatic N) is 3. The monoisotopic (exact) mass is 352 g/mol. The van der Waals surface area contributed by atoms with Gasteiger partial charge in [0.1, 0.15) is 11.5 Å². The van der Waals surface area contributed by atoms with Gasteiger partial charge in [-0.3, -0.25) is 0 Å². The molecule has 3 aromatic rings. The molecule has 0 radical (unpaired) electrons. The molecular weight excluding hydrogens is 331 g/mol. The van der Waals surface area contributed by atoms with Crippen LogP contribution in [0.15, 0.2) is 54.9 Å². The average Bonchev–Trinajstić information content (AvgIpc) is 3.29. The van der Waals surface area contributed by atoms with E-state index in [0.717, 1.165) is 36.3 Å². The Bertz CT molecular complexity index is 873. The number of benzene rings is 1. The highest BCUT2D eigenvalue weighted by atomic mass is 19.1. The van der Waals surface area contributed by atoms with Gasteiger partial charge in [0.15, 0.2) is 0 Å². The molecule has 2 amide bonds. The fourth-order valence-electron chi connectivity index (χ4n) is 3.55. The first-order valence-corrected chi connectivity index (χ1v) is 8.93. The molecule has 6 heteroatoms. The summed E-state index contributed by atoms with van der Waals surface area (Å²) < 4.78 is 15.1. The van der Waals surface area contributed by atoms with Crippen molar-refractivity contribution in [2.24, 2.45) is 0 Å². The number of amides is 2. The Morgan fingerprint density at radius 1 is 1.23 bits per heavy atom. The minimum atomic E-state index is -0.254. The van der Waals surface area contributed by atoms with Crippen molar-refractivity contribution in [2.45, 2.75) is 25.3 Å². The molecule has 1 atom stereocenters. The number of rotatable bonds is 4. The third-order valence-electron chi connectivity index (χ3n) is 4.84. The molecule has 1 aromatic carbocycles. The summed E-state index contributed by atoms with van der Waals surface area (Å²) in [6.45, 7) is 1.26. The standard InChI is InChI=1S/C20H21FN4O/c21-16-8-6-15(7-9-16)18-4-3-13-25(18)20(26)22-11-10-17-14-24-12-2-1-5-19(24)23-17/h1-2,5-9,12,14,18H,3-4,10-11,13H2,(H,22,26)/t18-/m1/s1. The third-order valence-corrected chi connectivity index (χ3v) is 4.84. The molecule has 26 heavy (non-hydrogen) atoms. The number of hydrogen-bond donors (Lipinski definition) is 1. The van der Waals surface area contributed by atoms with Crippen LogP contribution in [0.3, 0.4) is 0 Å². The van der Waals surface area contributed by atoms with Gasteiger partial charge >= 0.3 is 6.03 Å². The maximum Gasteiger partial charge on any atom is 0.317 e. The Morgan fingerprint density at radius 2 is 2.08 bits per heavy atom. The molecule has 5 nitrogen and oxygen atoms in total. The second-order valence-corrected chi connectivity index (χ2v) is 6.58. The maximum atomic E-state index is 13.1.